The van der Waals surface area contributed by atoms with Gasteiger partial charge in [-0.2, -0.15) is 13.5 Å². The lowest BCUT2D eigenvalue weighted by Gasteiger charge is -2.26. The number of benzene rings is 1. The Morgan fingerprint density at radius 3 is 2.58 bits per heavy atom. The topological polar surface area (TPSA) is 101 Å². The lowest BCUT2D eigenvalue weighted by Crippen LogP contribution is -2.41. The molecule has 40 heavy (non-hydrogen) atoms. The van der Waals surface area contributed by atoms with Crippen LogP contribution in [-0.2, 0) is 25.5 Å². The third kappa shape index (κ3) is 8.02. The zero-order chi connectivity index (χ0) is 28.8. The Hall–Kier alpha value is -2.54. The van der Waals surface area contributed by atoms with Gasteiger partial charge < -0.3 is 29.1 Å². The van der Waals surface area contributed by atoms with Gasteiger partial charge in [-0.25, -0.2) is 4.79 Å². The van der Waals surface area contributed by atoms with Gasteiger partial charge >= 0.3 is 12.6 Å². The molecule has 1 aliphatic carbocycles. The molecule has 1 aliphatic heterocycles. The highest BCUT2D eigenvalue weighted by Gasteiger charge is 2.37. The van der Waals surface area contributed by atoms with Crippen LogP contribution in [-0.4, -0.2) is 61.4 Å². The average Bonchev–Trinajstić information content (AvgIpc) is 3.60. The van der Waals surface area contributed by atoms with Gasteiger partial charge in [-0.05, 0) is 36.5 Å². The summed E-state index contributed by atoms with van der Waals surface area (Å²) < 4.78 is 47.9. The smallest absolute Gasteiger partial charge is 0.387 e. The molecule has 1 aromatic carbocycles. The standard InChI is InChI=1S/C26H28Cl2F2N2O7S/c1-36-8-6-23(33)32-7-9-40-24(32)25(34)38-21(11-17-18(27)12-31(35)13-19(17)28)16-4-5-20(39-26(29)30)22(10-16)37-14-15-2-3-15/h4-5,10,12-13,15,21,24,26H,2-3,6-9,11,14H2,1H3/t21-,24-/m0/s1. The van der Waals surface area contributed by atoms with Crippen molar-refractivity contribution in [2.75, 3.05) is 32.6 Å². The molecule has 0 bridgehead atoms. The van der Waals surface area contributed by atoms with Crippen molar-refractivity contribution in [2.24, 2.45) is 5.92 Å². The van der Waals surface area contributed by atoms with E-state index in [2.05, 4.69) is 4.74 Å². The third-order valence-corrected chi connectivity index (χ3v) is 8.20. The Morgan fingerprint density at radius 2 is 1.93 bits per heavy atom. The average molecular weight is 621 g/mol. The van der Waals surface area contributed by atoms with E-state index >= 15 is 0 Å². The molecule has 1 saturated carbocycles. The van der Waals surface area contributed by atoms with Crippen molar-refractivity contribution in [2.45, 2.75) is 43.8 Å². The molecule has 0 N–H and O–H groups in total. The molecular formula is C26H28Cl2F2N2O7S. The van der Waals surface area contributed by atoms with E-state index in [4.69, 9.17) is 37.4 Å². The van der Waals surface area contributed by atoms with E-state index in [9.17, 15) is 23.6 Å². The number of methoxy groups -OCH3 is 1. The molecule has 1 aromatic heterocycles. The number of alkyl halides is 2. The molecule has 9 nitrogen and oxygen atoms in total. The number of carbonyl (C=O) groups excluding carboxylic acids is 2. The first kappa shape index (κ1) is 30.4. The molecule has 4 rings (SSSR count). The van der Waals surface area contributed by atoms with Crippen LogP contribution in [0, 0.1) is 11.1 Å². The Balaban J connectivity index is 1.64. The number of hydrogen-bond acceptors (Lipinski definition) is 8. The third-order valence-electron chi connectivity index (χ3n) is 6.37. The van der Waals surface area contributed by atoms with Gasteiger partial charge in [-0.1, -0.05) is 29.3 Å². The number of thioether (sulfide) groups is 1. The summed E-state index contributed by atoms with van der Waals surface area (Å²) in [5.41, 5.74) is 0.737. The van der Waals surface area contributed by atoms with Crippen LogP contribution in [0.3, 0.4) is 0 Å². The lowest BCUT2D eigenvalue weighted by molar-refractivity contribution is -0.605. The van der Waals surface area contributed by atoms with E-state index in [0.717, 1.165) is 25.2 Å². The molecule has 0 spiro atoms. The monoisotopic (exact) mass is 620 g/mol. The minimum atomic E-state index is -3.07. The maximum absolute atomic E-state index is 13.4. The zero-order valence-electron chi connectivity index (χ0n) is 21.5. The number of ether oxygens (including phenoxy) is 4. The van der Waals surface area contributed by atoms with Gasteiger partial charge in [-0.15, -0.1) is 11.8 Å². The van der Waals surface area contributed by atoms with Crippen LogP contribution >= 0.6 is 35.0 Å². The summed E-state index contributed by atoms with van der Waals surface area (Å²) in [6.45, 7) is -2.16. The molecular weight excluding hydrogens is 593 g/mol. The summed E-state index contributed by atoms with van der Waals surface area (Å²) in [5.74, 6) is -0.133. The van der Waals surface area contributed by atoms with Crippen molar-refractivity contribution in [3.05, 3.63) is 57.0 Å². The second kappa shape index (κ2) is 13.9. The van der Waals surface area contributed by atoms with Crippen LogP contribution in [0.1, 0.15) is 36.5 Å². The fraction of sp³-hybridized carbons (Fsp3) is 0.500. The van der Waals surface area contributed by atoms with E-state index in [0.29, 0.717) is 40.7 Å². The first-order valence-corrected chi connectivity index (χ1v) is 14.4. The van der Waals surface area contributed by atoms with E-state index in [1.807, 2.05) is 0 Å². The van der Waals surface area contributed by atoms with E-state index in [1.165, 1.54) is 42.0 Å². The zero-order valence-corrected chi connectivity index (χ0v) is 23.9. The van der Waals surface area contributed by atoms with Crippen molar-refractivity contribution < 1.29 is 42.0 Å². The van der Waals surface area contributed by atoms with Gasteiger partial charge in [0.05, 0.1) is 19.6 Å². The Bertz CT molecular complexity index is 1200. The first-order chi connectivity index (χ1) is 19.2. The largest absolute Gasteiger partial charge is 0.619 e. The summed E-state index contributed by atoms with van der Waals surface area (Å²) >= 11 is 13.9. The van der Waals surface area contributed by atoms with Crippen molar-refractivity contribution >= 4 is 46.8 Å². The quantitative estimate of drug-likeness (QED) is 0.179. The van der Waals surface area contributed by atoms with Crippen LogP contribution in [0.2, 0.25) is 10.0 Å². The van der Waals surface area contributed by atoms with Gasteiger partial charge in [0.25, 0.3) is 0 Å². The maximum atomic E-state index is 13.4. The Kier molecular flexibility index (Phi) is 10.6. The second-order valence-corrected chi connectivity index (χ2v) is 11.3. The summed E-state index contributed by atoms with van der Waals surface area (Å²) in [6, 6.07) is 4.26. The highest BCUT2D eigenvalue weighted by atomic mass is 35.5. The number of hydrogen-bond donors (Lipinski definition) is 0. The number of nitrogens with zero attached hydrogens (tertiary/aromatic N) is 2. The molecule has 1 amide bonds. The van der Waals surface area contributed by atoms with Gasteiger partial charge in [-0.3, -0.25) is 4.79 Å². The molecule has 218 valence electrons. The molecule has 0 unspecified atom stereocenters. The fourth-order valence-electron chi connectivity index (χ4n) is 4.11. The van der Waals surface area contributed by atoms with Crippen molar-refractivity contribution in [3.8, 4) is 11.5 Å². The number of rotatable bonds is 13. The van der Waals surface area contributed by atoms with Crippen molar-refractivity contribution in [1.29, 1.82) is 0 Å². The summed E-state index contributed by atoms with van der Waals surface area (Å²) in [7, 11) is 1.48. The molecule has 1 saturated heterocycles. The minimum absolute atomic E-state index is 0.0453. The van der Waals surface area contributed by atoms with E-state index in [1.54, 1.807) is 0 Å². The number of halogens is 4. The SMILES string of the molecule is COCCC(=O)N1CCS[C@H]1C(=O)O[C@@H](Cc1c(Cl)c[n+]([O-])cc1Cl)c1ccc(OC(F)F)c(OCC2CC2)c1. The summed E-state index contributed by atoms with van der Waals surface area (Å²) in [4.78, 5) is 27.5. The predicted molar refractivity (Wildman–Crippen MR) is 144 cm³/mol. The number of aromatic nitrogens is 1. The molecule has 2 aromatic rings. The van der Waals surface area contributed by atoms with Crippen molar-refractivity contribution in [3.63, 3.8) is 0 Å². The summed E-state index contributed by atoms with van der Waals surface area (Å²) in [6.07, 6.45) is 3.25. The molecule has 14 heteroatoms. The molecule has 2 fully saturated rings. The second-order valence-electron chi connectivity index (χ2n) is 9.31. The maximum Gasteiger partial charge on any atom is 0.387 e. The van der Waals surface area contributed by atoms with Crippen LogP contribution in [0.15, 0.2) is 30.6 Å². The number of esters is 1. The van der Waals surface area contributed by atoms with Crippen LogP contribution in [0.4, 0.5) is 8.78 Å². The van der Waals surface area contributed by atoms with Gasteiger partial charge in [0, 0.05) is 31.4 Å². The first-order valence-electron chi connectivity index (χ1n) is 12.5. The van der Waals surface area contributed by atoms with E-state index < -0.39 is 24.1 Å². The van der Waals surface area contributed by atoms with Crippen LogP contribution < -0.4 is 14.2 Å². The highest BCUT2D eigenvalue weighted by Crippen LogP contribution is 2.38. The minimum Gasteiger partial charge on any atom is -0.619 e. The fourth-order valence-corrected chi connectivity index (χ4v) is 5.83. The number of pyridine rings is 1. The number of amides is 1. The molecule has 2 heterocycles. The highest BCUT2D eigenvalue weighted by molar-refractivity contribution is 8.00. The Morgan fingerprint density at radius 1 is 1.20 bits per heavy atom. The molecule has 0 radical (unpaired) electrons. The molecule has 2 atom stereocenters. The van der Waals surface area contributed by atoms with Crippen molar-refractivity contribution in [1.82, 2.24) is 4.90 Å². The predicted octanol–water partition coefficient (Wildman–Crippen LogP) is 4.78. The van der Waals surface area contributed by atoms with Crippen LogP contribution in [0.5, 0.6) is 11.5 Å². The van der Waals surface area contributed by atoms with Gasteiger partial charge in [0.1, 0.15) is 16.1 Å². The lowest BCUT2D eigenvalue weighted by atomic mass is 10.0. The van der Waals surface area contributed by atoms with Gasteiger partial charge in [0.15, 0.2) is 29.3 Å². The van der Waals surface area contributed by atoms with Crippen LogP contribution in [0.25, 0.3) is 0 Å². The number of carbonyl (C=O) groups is 2. The van der Waals surface area contributed by atoms with Gasteiger partial charge in [0.2, 0.25) is 5.91 Å². The van der Waals surface area contributed by atoms with E-state index in [-0.39, 0.29) is 46.9 Å². The Labute approximate surface area is 244 Å². The molecule has 2 aliphatic rings. The normalized spacial score (nSPS) is 17.6. The summed E-state index contributed by atoms with van der Waals surface area (Å²) in [5, 5.41) is 11.0.